The summed E-state index contributed by atoms with van der Waals surface area (Å²) in [6, 6.07) is 8.10. The Hall–Kier alpha value is -2.21. The Bertz CT molecular complexity index is 698. The molecule has 0 amide bonds. The van der Waals surface area contributed by atoms with Crippen LogP contribution in [0.25, 0.3) is 11.4 Å². The summed E-state index contributed by atoms with van der Waals surface area (Å²) in [6.45, 7) is 2.76. The maximum Gasteiger partial charge on any atom is 0.181 e. The summed E-state index contributed by atoms with van der Waals surface area (Å²) in [5.41, 5.74) is 3.15. The molecule has 102 valence electrons. The van der Waals surface area contributed by atoms with Gasteiger partial charge in [0, 0.05) is 23.7 Å². The van der Waals surface area contributed by atoms with Crippen LogP contribution in [0.5, 0.6) is 0 Å². The molecule has 20 heavy (non-hydrogen) atoms. The molecule has 0 fully saturated rings. The number of nitrogens with zero attached hydrogens (tertiary/aromatic N) is 4. The van der Waals surface area contributed by atoms with Crippen molar-refractivity contribution in [1.29, 1.82) is 0 Å². The smallest absolute Gasteiger partial charge is 0.181 e. The summed E-state index contributed by atoms with van der Waals surface area (Å²) in [5, 5.41) is 10.8. The molecule has 0 aliphatic rings. The molecular weight excluding hydrogens is 270 g/mol. The topological polar surface area (TPSA) is 55.6 Å². The van der Waals surface area contributed by atoms with E-state index >= 15 is 0 Å². The minimum absolute atomic E-state index is 0.742. The van der Waals surface area contributed by atoms with Crippen molar-refractivity contribution in [2.24, 2.45) is 7.05 Å². The lowest BCUT2D eigenvalue weighted by molar-refractivity contribution is 0.768. The van der Waals surface area contributed by atoms with Crippen LogP contribution in [0.1, 0.15) is 10.7 Å². The fourth-order valence-electron chi connectivity index (χ4n) is 1.89. The largest absolute Gasteiger partial charge is 0.379 e. The van der Waals surface area contributed by atoms with Crippen LogP contribution >= 0.6 is 11.3 Å². The molecule has 1 aromatic carbocycles. The van der Waals surface area contributed by atoms with E-state index in [1.165, 1.54) is 0 Å². The highest BCUT2D eigenvalue weighted by molar-refractivity contribution is 7.09. The second kappa shape index (κ2) is 5.42. The Morgan fingerprint density at radius 3 is 2.65 bits per heavy atom. The second-order valence-corrected chi connectivity index (χ2v) is 5.59. The van der Waals surface area contributed by atoms with E-state index in [0.29, 0.717) is 0 Å². The highest BCUT2D eigenvalue weighted by Gasteiger charge is 2.03. The third-order valence-corrected chi connectivity index (χ3v) is 3.71. The lowest BCUT2D eigenvalue weighted by Gasteiger charge is -2.04. The van der Waals surface area contributed by atoms with Crippen molar-refractivity contribution < 1.29 is 0 Å². The predicted octanol–water partition coefficient (Wildman–Crippen LogP) is 2.86. The van der Waals surface area contributed by atoms with E-state index < -0.39 is 0 Å². The maximum absolute atomic E-state index is 4.43. The predicted molar refractivity (Wildman–Crippen MR) is 80.6 cm³/mol. The van der Waals surface area contributed by atoms with Gasteiger partial charge in [-0.1, -0.05) is 0 Å². The molecule has 5 nitrogen and oxygen atoms in total. The average molecular weight is 285 g/mol. The maximum atomic E-state index is 4.43. The number of hydrogen-bond acceptors (Lipinski definition) is 5. The van der Waals surface area contributed by atoms with E-state index in [0.717, 1.165) is 34.3 Å². The monoisotopic (exact) mass is 285 g/mol. The molecule has 3 aromatic rings. The number of thiazole rings is 1. The van der Waals surface area contributed by atoms with Gasteiger partial charge in [-0.2, -0.15) is 5.10 Å². The number of rotatable bonds is 4. The zero-order valence-corrected chi connectivity index (χ0v) is 12.2. The standard InChI is InChI=1S/C14H15N5S/c1-10-17-13(8-20-10)7-15-12-5-3-11(4-6-12)14-16-9-19(2)18-14/h3-6,8-9,15H,7H2,1-2H3. The molecule has 6 heteroatoms. The van der Waals surface area contributed by atoms with Crippen LogP contribution in [-0.2, 0) is 13.6 Å². The molecule has 0 saturated heterocycles. The van der Waals surface area contributed by atoms with Crippen LogP contribution in [-0.4, -0.2) is 19.7 Å². The van der Waals surface area contributed by atoms with Crippen LogP contribution in [0.4, 0.5) is 5.69 Å². The first-order valence-corrected chi connectivity index (χ1v) is 7.19. The Balaban J connectivity index is 1.67. The van der Waals surface area contributed by atoms with Crippen molar-refractivity contribution in [2.45, 2.75) is 13.5 Å². The third-order valence-electron chi connectivity index (χ3n) is 2.88. The van der Waals surface area contributed by atoms with E-state index in [9.17, 15) is 0 Å². The zero-order valence-electron chi connectivity index (χ0n) is 11.4. The van der Waals surface area contributed by atoms with Gasteiger partial charge in [-0.05, 0) is 31.2 Å². The molecule has 0 atom stereocenters. The first-order chi connectivity index (χ1) is 9.70. The van der Waals surface area contributed by atoms with Gasteiger partial charge in [0.15, 0.2) is 5.82 Å². The van der Waals surface area contributed by atoms with E-state index in [1.807, 2.05) is 38.2 Å². The molecule has 0 spiro atoms. The molecule has 2 heterocycles. The van der Waals surface area contributed by atoms with Gasteiger partial charge in [0.05, 0.1) is 17.2 Å². The molecule has 0 saturated carbocycles. The Kier molecular flexibility index (Phi) is 3.47. The van der Waals surface area contributed by atoms with Crippen molar-refractivity contribution in [3.8, 4) is 11.4 Å². The summed E-state index contributed by atoms with van der Waals surface area (Å²) in [7, 11) is 1.86. The minimum atomic E-state index is 0.742. The number of aryl methyl sites for hydroxylation is 2. The summed E-state index contributed by atoms with van der Waals surface area (Å²) >= 11 is 1.67. The Labute approximate surface area is 121 Å². The van der Waals surface area contributed by atoms with Crippen LogP contribution in [0.15, 0.2) is 36.0 Å². The molecule has 0 unspecified atom stereocenters. The van der Waals surface area contributed by atoms with Crippen molar-refractivity contribution >= 4 is 17.0 Å². The van der Waals surface area contributed by atoms with Crippen LogP contribution < -0.4 is 5.32 Å². The van der Waals surface area contributed by atoms with Gasteiger partial charge in [0.2, 0.25) is 0 Å². The first kappa shape index (κ1) is 12.8. The van der Waals surface area contributed by atoms with Gasteiger partial charge >= 0.3 is 0 Å². The summed E-state index contributed by atoms with van der Waals surface area (Å²) in [6.07, 6.45) is 1.70. The molecule has 0 aliphatic carbocycles. The molecule has 0 radical (unpaired) electrons. The molecular formula is C14H15N5S. The average Bonchev–Trinajstić information content (AvgIpc) is 3.06. The second-order valence-electron chi connectivity index (χ2n) is 4.53. The number of nitrogens with one attached hydrogen (secondary N) is 1. The van der Waals surface area contributed by atoms with Crippen LogP contribution in [0.2, 0.25) is 0 Å². The Morgan fingerprint density at radius 1 is 1.25 bits per heavy atom. The summed E-state index contributed by atoms with van der Waals surface area (Å²) in [4.78, 5) is 8.66. The van der Waals surface area contributed by atoms with Crippen molar-refractivity contribution in [3.63, 3.8) is 0 Å². The van der Waals surface area contributed by atoms with E-state index in [2.05, 4.69) is 25.8 Å². The van der Waals surface area contributed by atoms with E-state index in [-0.39, 0.29) is 0 Å². The number of aromatic nitrogens is 4. The van der Waals surface area contributed by atoms with Crippen LogP contribution in [0.3, 0.4) is 0 Å². The Morgan fingerprint density at radius 2 is 2.05 bits per heavy atom. The normalized spacial score (nSPS) is 10.7. The lowest BCUT2D eigenvalue weighted by atomic mass is 10.2. The minimum Gasteiger partial charge on any atom is -0.379 e. The van der Waals surface area contributed by atoms with Crippen LogP contribution in [0, 0.1) is 6.92 Å². The molecule has 1 N–H and O–H groups in total. The van der Waals surface area contributed by atoms with Crippen molar-refractivity contribution in [1.82, 2.24) is 19.7 Å². The molecule has 0 bridgehead atoms. The first-order valence-electron chi connectivity index (χ1n) is 6.32. The highest BCUT2D eigenvalue weighted by atomic mass is 32.1. The van der Waals surface area contributed by atoms with Crippen molar-refractivity contribution in [3.05, 3.63) is 46.7 Å². The van der Waals surface area contributed by atoms with Gasteiger partial charge in [0.25, 0.3) is 0 Å². The fourth-order valence-corrected chi connectivity index (χ4v) is 2.50. The molecule has 0 aliphatic heterocycles. The number of benzene rings is 1. The lowest BCUT2D eigenvalue weighted by Crippen LogP contribution is -1.99. The molecule has 3 rings (SSSR count). The van der Waals surface area contributed by atoms with Gasteiger partial charge < -0.3 is 5.32 Å². The van der Waals surface area contributed by atoms with Gasteiger partial charge in [-0.3, -0.25) is 4.68 Å². The third kappa shape index (κ3) is 2.85. The van der Waals surface area contributed by atoms with Gasteiger partial charge in [-0.25, -0.2) is 9.97 Å². The van der Waals surface area contributed by atoms with Crippen molar-refractivity contribution in [2.75, 3.05) is 5.32 Å². The SMILES string of the molecule is Cc1nc(CNc2ccc(-c3ncn(C)n3)cc2)cs1. The number of hydrogen-bond donors (Lipinski definition) is 1. The van der Waals surface area contributed by atoms with Gasteiger partial charge in [0.1, 0.15) is 6.33 Å². The molecule has 2 aromatic heterocycles. The fraction of sp³-hybridized carbons (Fsp3) is 0.214. The quantitative estimate of drug-likeness (QED) is 0.801. The van der Waals surface area contributed by atoms with E-state index in [4.69, 9.17) is 0 Å². The highest BCUT2D eigenvalue weighted by Crippen LogP contribution is 2.18. The van der Waals surface area contributed by atoms with E-state index in [1.54, 1.807) is 22.3 Å². The van der Waals surface area contributed by atoms with Gasteiger partial charge in [-0.15, -0.1) is 11.3 Å². The zero-order chi connectivity index (χ0) is 13.9. The summed E-state index contributed by atoms with van der Waals surface area (Å²) < 4.78 is 1.70. The summed E-state index contributed by atoms with van der Waals surface area (Å²) in [5.74, 6) is 0.745. The number of anilines is 1.